The molecule has 0 aliphatic heterocycles. The van der Waals surface area contributed by atoms with Crippen LogP contribution in [0, 0.1) is 0 Å². The van der Waals surface area contributed by atoms with Crippen LogP contribution in [0.4, 0.5) is 0 Å². The Labute approximate surface area is 120 Å². The molecule has 0 aliphatic carbocycles. The van der Waals surface area contributed by atoms with Crippen LogP contribution in [0.1, 0.15) is 37.8 Å². The maximum Gasteiger partial charge on any atom is 0.126 e. The second kappa shape index (κ2) is 6.47. The molecule has 20 heavy (non-hydrogen) atoms. The zero-order chi connectivity index (χ0) is 14.5. The first-order valence-corrected chi connectivity index (χ1v) is 7.31. The minimum atomic E-state index is 0.290. The first kappa shape index (κ1) is 14.4. The van der Waals surface area contributed by atoms with E-state index in [0.29, 0.717) is 22.6 Å². The number of aromatic hydroxyl groups is 2. The summed E-state index contributed by atoms with van der Waals surface area (Å²) in [6, 6.07) is 11.5. The summed E-state index contributed by atoms with van der Waals surface area (Å²) < 4.78 is 0. The highest BCUT2D eigenvalue weighted by Gasteiger charge is 2.13. The summed E-state index contributed by atoms with van der Waals surface area (Å²) >= 11 is 0. The Morgan fingerprint density at radius 3 is 1.45 bits per heavy atom. The molecule has 2 aromatic rings. The molecule has 0 atom stereocenters. The number of rotatable bonds is 5. The third kappa shape index (κ3) is 2.79. The van der Waals surface area contributed by atoms with Gasteiger partial charge in [-0.25, -0.2) is 0 Å². The number of benzene rings is 2. The number of phenols is 2. The smallest absolute Gasteiger partial charge is 0.126 e. The molecule has 0 aromatic heterocycles. The normalized spacial score (nSPS) is 10.7. The zero-order valence-electron chi connectivity index (χ0n) is 12.2. The fraction of sp³-hybridized carbons (Fsp3) is 0.333. The van der Waals surface area contributed by atoms with E-state index in [-0.39, 0.29) is 0 Å². The quantitative estimate of drug-likeness (QED) is 0.828. The lowest BCUT2D eigenvalue weighted by atomic mass is 9.96. The molecule has 0 unspecified atom stereocenters. The highest BCUT2D eigenvalue weighted by atomic mass is 16.3. The fourth-order valence-corrected chi connectivity index (χ4v) is 2.56. The lowest BCUT2D eigenvalue weighted by Gasteiger charge is -2.13. The molecule has 0 aliphatic rings. The lowest BCUT2D eigenvalue weighted by molar-refractivity contribution is 0.461. The number of para-hydroxylation sites is 2. The first-order chi connectivity index (χ1) is 9.69. The predicted octanol–water partition coefficient (Wildman–Crippen LogP) is 4.67. The van der Waals surface area contributed by atoms with Gasteiger partial charge in [0, 0.05) is 11.1 Å². The van der Waals surface area contributed by atoms with Crippen molar-refractivity contribution in [3.63, 3.8) is 0 Å². The topological polar surface area (TPSA) is 40.5 Å². The van der Waals surface area contributed by atoms with Crippen molar-refractivity contribution in [2.24, 2.45) is 0 Å². The van der Waals surface area contributed by atoms with Gasteiger partial charge in [0.1, 0.15) is 11.5 Å². The van der Waals surface area contributed by atoms with Crippen LogP contribution in [-0.2, 0) is 12.8 Å². The summed E-state index contributed by atoms with van der Waals surface area (Å²) in [5, 5.41) is 20.8. The van der Waals surface area contributed by atoms with Gasteiger partial charge in [0.25, 0.3) is 0 Å². The second-order valence-corrected chi connectivity index (χ2v) is 5.13. The first-order valence-electron chi connectivity index (χ1n) is 7.31. The van der Waals surface area contributed by atoms with Crippen molar-refractivity contribution in [2.75, 3.05) is 0 Å². The Hall–Kier alpha value is -1.96. The number of hydrogen-bond donors (Lipinski definition) is 2. The summed E-state index contributed by atoms with van der Waals surface area (Å²) in [5.41, 5.74) is 3.30. The van der Waals surface area contributed by atoms with Gasteiger partial charge in [0.2, 0.25) is 0 Å². The molecular formula is C18H22O2. The Morgan fingerprint density at radius 2 is 1.10 bits per heavy atom. The summed E-state index contributed by atoms with van der Waals surface area (Å²) in [6.07, 6.45) is 3.65. The van der Waals surface area contributed by atoms with Gasteiger partial charge >= 0.3 is 0 Å². The van der Waals surface area contributed by atoms with E-state index in [1.165, 1.54) is 0 Å². The van der Waals surface area contributed by atoms with Gasteiger partial charge in [0.15, 0.2) is 0 Å². The van der Waals surface area contributed by atoms with E-state index >= 15 is 0 Å². The summed E-state index contributed by atoms with van der Waals surface area (Å²) in [4.78, 5) is 0. The maximum absolute atomic E-state index is 10.4. The van der Waals surface area contributed by atoms with Gasteiger partial charge in [-0.15, -0.1) is 0 Å². The molecule has 0 heterocycles. The van der Waals surface area contributed by atoms with Crippen LogP contribution < -0.4 is 0 Å². The summed E-state index contributed by atoms with van der Waals surface area (Å²) in [6.45, 7) is 4.18. The lowest BCUT2D eigenvalue weighted by Crippen LogP contribution is -1.90. The average Bonchev–Trinajstić information content (AvgIpc) is 2.44. The molecule has 2 heteroatoms. The largest absolute Gasteiger partial charge is 0.507 e. The monoisotopic (exact) mass is 270 g/mol. The van der Waals surface area contributed by atoms with E-state index in [2.05, 4.69) is 13.8 Å². The van der Waals surface area contributed by atoms with Crippen LogP contribution in [0.25, 0.3) is 11.1 Å². The molecule has 2 N–H and O–H groups in total. The van der Waals surface area contributed by atoms with Crippen molar-refractivity contribution >= 4 is 0 Å². The van der Waals surface area contributed by atoms with Crippen LogP contribution in [0.15, 0.2) is 36.4 Å². The summed E-state index contributed by atoms with van der Waals surface area (Å²) in [7, 11) is 0. The van der Waals surface area contributed by atoms with Crippen molar-refractivity contribution in [1.82, 2.24) is 0 Å². The van der Waals surface area contributed by atoms with E-state index in [0.717, 1.165) is 36.8 Å². The van der Waals surface area contributed by atoms with Gasteiger partial charge in [-0.3, -0.25) is 0 Å². The molecule has 0 spiro atoms. The van der Waals surface area contributed by atoms with E-state index in [4.69, 9.17) is 0 Å². The van der Waals surface area contributed by atoms with Crippen LogP contribution in [0.3, 0.4) is 0 Å². The van der Waals surface area contributed by atoms with Crippen LogP contribution in [-0.4, -0.2) is 10.2 Å². The highest BCUT2D eigenvalue weighted by molar-refractivity contribution is 5.77. The van der Waals surface area contributed by atoms with Crippen LogP contribution in [0.2, 0.25) is 0 Å². The minimum absolute atomic E-state index is 0.290. The third-order valence-electron chi connectivity index (χ3n) is 3.57. The van der Waals surface area contributed by atoms with Gasteiger partial charge < -0.3 is 10.2 Å². The number of aryl methyl sites for hydroxylation is 2. The van der Waals surface area contributed by atoms with Crippen molar-refractivity contribution in [2.45, 2.75) is 39.5 Å². The molecule has 0 amide bonds. The van der Waals surface area contributed by atoms with Gasteiger partial charge in [-0.1, -0.05) is 63.1 Å². The summed E-state index contributed by atoms with van der Waals surface area (Å²) in [5.74, 6) is 0.580. The number of hydrogen-bond acceptors (Lipinski definition) is 2. The van der Waals surface area contributed by atoms with Crippen molar-refractivity contribution in [3.8, 4) is 22.6 Å². The van der Waals surface area contributed by atoms with E-state index in [1.807, 2.05) is 36.4 Å². The second-order valence-electron chi connectivity index (χ2n) is 5.13. The molecule has 2 aromatic carbocycles. The van der Waals surface area contributed by atoms with Crippen molar-refractivity contribution in [3.05, 3.63) is 47.5 Å². The number of phenolic OH excluding ortho intramolecular Hbond substituents is 2. The van der Waals surface area contributed by atoms with E-state index < -0.39 is 0 Å². The van der Waals surface area contributed by atoms with Crippen LogP contribution >= 0.6 is 0 Å². The van der Waals surface area contributed by atoms with Crippen LogP contribution in [0.5, 0.6) is 11.5 Å². The zero-order valence-corrected chi connectivity index (χ0v) is 12.2. The average molecular weight is 270 g/mol. The van der Waals surface area contributed by atoms with E-state index in [9.17, 15) is 10.2 Å². The minimum Gasteiger partial charge on any atom is -0.507 e. The highest BCUT2D eigenvalue weighted by Crippen LogP contribution is 2.39. The molecule has 2 rings (SSSR count). The third-order valence-corrected chi connectivity index (χ3v) is 3.57. The molecule has 0 saturated carbocycles. The Bertz CT molecular complexity index is 534. The van der Waals surface area contributed by atoms with Crippen molar-refractivity contribution < 1.29 is 10.2 Å². The van der Waals surface area contributed by atoms with Gasteiger partial charge in [-0.2, -0.15) is 0 Å². The van der Waals surface area contributed by atoms with E-state index in [1.54, 1.807) is 0 Å². The molecule has 0 radical (unpaired) electrons. The molecular weight excluding hydrogens is 248 g/mol. The molecule has 0 saturated heterocycles. The fourth-order valence-electron chi connectivity index (χ4n) is 2.56. The van der Waals surface area contributed by atoms with Gasteiger partial charge in [-0.05, 0) is 24.0 Å². The SMILES string of the molecule is CCCc1cccc(-c2cccc(CCC)c2O)c1O. The maximum atomic E-state index is 10.4. The Balaban J connectivity index is 2.51. The molecule has 106 valence electrons. The molecule has 0 fully saturated rings. The Kier molecular flexibility index (Phi) is 4.67. The Morgan fingerprint density at radius 1 is 0.700 bits per heavy atom. The van der Waals surface area contributed by atoms with Gasteiger partial charge in [0.05, 0.1) is 0 Å². The molecule has 2 nitrogen and oxygen atoms in total. The molecule has 0 bridgehead atoms. The predicted molar refractivity (Wildman–Crippen MR) is 83.2 cm³/mol. The van der Waals surface area contributed by atoms with Crippen molar-refractivity contribution in [1.29, 1.82) is 0 Å². The standard InChI is InChI=1S/C18H22O2/c1-3-7-13-9-5-11-15(17(13)19)16-12-6-10-14(8-4-2)18(16)20/h5-6,9-12,19-20H,3-4,7-8H2,1-2H3.